The number of benzene rings is 2. The molecule has 0 atom stereocenters. The number of anilines is 1. The van der Waals surface area contributed by atoms with Crippen molar-refractivity contribution in [2.24, 2.45) is 0 Å². The average Bonchev–Trinajstić information content (AvgIpc) is 3.19. The van der Waals surface area contributed by atoms with Gasteiger partial charge in [-0.2, -0.15) is 11.8 Å². The van der Waals surface area contributed by atoms with E-state index in [0.717, 1.165) is 17.1 Å². The van der Waals surface area contributed by atoms with Crippen LogP contribution in [0, 0.1) is 6.92 Å². The molecular weight excluding hydrogens is 464 g/mol. The number of aryl methyl sites for hydroxylation is 1. The van der Waals surface area contributed by atoms with Crippen LogP contribution in [0.4, 0.5) is 5.13 Å². The molecule has 1 amide bonds. The smallest absolute Gasteiger partial charge is 0.269 e. The van der Waals surface area contributed by atoms with Gasteiger partial charge in [-0.3, -0.25) is 10.1 Å². The number of thioether (sulfide) groups is 1. The summed E-state index contributed by atoms with van der Waals surface area (Å²) in [5.41, 5.74) is 2.66. The van der Waals surface area contributed by atoms with Gasteiger partial charge in [-0.15, -0.1) is 10.2 Å². The first-order chi connectivity index (χ1) is 14.3. The van der Waals surface area contributed by atoms with Gasteiger partial charge in [0.25, 0.3) is 15.9 Å². The minimum Gasteiger partial charge on any atom is -0.296 e. The SMILES string of the molecule is Cc1ccc(CSCCNS(=O)(=O)c2nnc(NC(=O)c3ccccc3Cl)s2)cc1. The highest BCUT2D eigenvalue weighted by Crippen LogP contribution is 2.22. The van der Waals surface area contributed by atoms with Crippen molar-refractivity contribution in [2.45, 2.75) is 17.0 Å². The summed E-state index contributed by atoms with van der Waals surface area (Å²) in [4.78, 5) is 12.2. The van der Waals surface area contributed by atoms with E-state index in [-0.39, 0.29) is 26.6 Å². The number of carbonyl (C=O) groups is 1. The highest BCUT2D eigenvalue weighted by molar-refractivity contribution is 7.98. The van der Waals surface area contributed by atoms with E-state index in [1.54, 1.807) is 36.0 Å². The van der Waals surface area contributed by atoms with Crippen LogP contribution in [-0.2, 0) is 15.8 Å². The Morgan fingerprint density at radius 3 is 2.60 bits per heavy atom. The molecule has 2 aromatic carbocycles. The maximum Gasteiger partial charge on any atom is 0.269 e. The lowest BCUT2D eigenvalue weighted by Crippen LogP contribution is -2.26. The van der Waals surface area contributed by atoms with Crippen molar-refractivity contribution >= 4 is 55.8 Å². The summed E-state index contributed by atoms with van der Waals surface area (Å²) in [6.45, 7) is 2.30. The zero-order valence-electron chi connectivity index (χ0n) is 16.0. The number of nitrogens with one attached hydrogen (secondary N) is 2. The molecule has 0 aliphatic carbocycles. The molecule has 0 unspecified atom stereocenters. The molecule has 3 aromatic rings. The normalized spacial score (nSPS) is 11.4. The van der Waals surface area contributed by atoms with Crippen LogP contribution in [0.1, 0.15) is 21.5 Å². The van der Waals surface area contributed by atoms with E-state index in [1.165, 1.54) is 11.1 Å². The lowest BCUT2D eigenvalue weighted by molar-refractivity contribution is 0.102. The van der Waals surface area contributed by atoms with Crippen molar-refractivity contribution in [1.29, 1.82) is 0 Å². The number of amides is 1. The second-order valence-electron chi connectivity index (χ2n) is 6.24. The molecule has 1 heterocycles. The van der Waals surface area contributed by atoms with Crippen molar-refractivity contribution in [2.75, 3.05) is 17.6 Å². The van der Waals surface area contributed by atoms with Crippen LogP contribution in [0.3, 0.4) is 0 Å². The molecular formula is C19H19ClN4O3S3. The Labute approximate surface area is 188 Å². The number of rotatable bonds is 9. The number of carbonyl (C=O) groups excluding carboxylic acids is 1. The van der Waals surface area contributed by atoms with E-state index in [4.69, 9.17) is 11.6 Å². The number of sulfonamides is 1. The summed E-state index contributed by atoms with van der Waals surface area (Å²) in [6, 6.07) is 14.8. The van der Waals surface area contributed by atoms with Crippen molar-refractivity contribution in [3.05, 3.63) is 70.2 Å². The molecule has 158 valence electrons. The van der Waals surface area contributed by atoms with Gasteiger partial charge < -0.3 is 0 Å². The molecule has 0 aliphatic rings. The van der Waals surface area contributed by atoms with E-state index in [0.29, 0.717) is 5.75 Å². The van der Waals surface area contributed by atoms with Gasteiger partial charge in [-0.05, 0) is 24.6 Å². The molecule has 0 bridgehead atoms. The van der Waals surface area contributed by atoms with Crippen LogP contribution in [0.25, 0.3) is 0 Å². The minimum atomic E-state index is -3.79. The standard InChI is InChI=1S/C19H19ClN4O3S3/c1-13-6-8-14(9-7-13)12-28-11-10-21-30(26,27)19-24-23-18(29-19)22-17(25)15-4-2-3-5-16(15)20/h2-9,21H,10-12H2,1H3,(H,22,23,25). The molecule has 3 rings (SSSR count). The molecule has 0 radical (unpaired) electrons. The first-order valence-corrected chi connectivity index (χ1v) is 12.7. The summed E-state index contributed by atoms with van der Waals surface area (Å²) < 4.78 is 27.1. The third-order valence-corrected chi connectivity index (χ3v) is 7.93. The molecule has 7 nitrogen and oxygen atoms in total. The van der Waals surface area contributed by atoms with Crippen LogP contribution in [0.5, 0.6) is 0 Å². The van der Waals surface area contributed by atoms with Crippen LogP contribution >= 0.6 is 34.7 Å². The maximum absolute atomic E-state index is 12.4. The van der Waals surface area contributed by atoms with Crippen molar-refractivity contribution in [3.8, 4) is 0 Å². The van der Waals surface area contributed by atoms with Crippen molar-refractivity contribution in [3.63, 3.8) is 0 Å². The van der Waals surface area contributed by atoms with Gasteiger partial charge in [0.1, 0.15) is 0 Å². The van der Waals surface area contributed by atoms with Gasteiger partial charge in [-0.25, -0.2) is 13.1 Å². The number of nitrogens with zero attached hydrogens (tertiary/aromatic N) is 2. The maximum atomic E-state index is 12.4. The number of aromatic nitrogens is 2. The van der Waals surface area contributed by atoms with Crippen LogP contribution < -0.4 is 10.0 Å². The van der Waals surface area contributed by atoms with Gasteiger partial charge in [-0.1, -0.05) is 64.9 Å². The lowest BCUT2D eigenvalue weighted by atomic mass is 10.2. The summed E-state index contributed by atoms with van der Waals surface area (Å²) in [7, 11) is -3.79. The van der Waals surface area contributed by atoms with E-state index in [1.807, 2.05) is 6.92 Å². The molecule has 0 aliphatic heterocycles. The molecule has 11 heteroatoms. The van der Waals surface area contributed by atoms with Gasteiger partial charge >= 0.3 is 0 Å². The second-order valence-corrected chi connectivity index (χ2v) is 10.7. The average molecular weight is 483 g/mol. The fraction of sp³-hybridized carbons (Fsp3) is 0.211. The molecule has 2 N–H and O–H groups in total. The highest BCUT2D eigenvalue weighted by atomic mass is 35.5. The summed E-state index contributed by atoms with van der Waals surface area (Å²) >= 11 is 8.40. The van der Waals surface area contributed by atoms with Gasteiger partial charge in [0.15, 0.2) is 0 Å². The summed E-state index contributed by atoms with van der Waals surface area (Å²) in [5, 5.41) is 10.3. The zero-order chi connectivity index (χ0) is 21.6. The van der Waals surface area contributed by atoms with Crippen molar-refractivity contribution in [1.82, 2.24) is 14.9 Å². The van der Waals surface area contributed by atoms with E-state index in [9.17, 15) is 13.2 Å². The summed E-state index contributed by atoms with van der Waals surface area (Å²) in [5.74, 6) is 0.933. The Kier molecular flexibility index (Phi) is 7.84. The monoisotopic (exact) mass is 482 g/mol. The van der Waals surface area contributed by atoms with Crippen molar-refractivity contribution < 1.29 is 13.2 Å². The van der Waals surface area contributed by atoms with Crippen LogP contribution in [0.15, 0.2) is 52.9 Å². The summed E-state index contributed by atoms with van der Waals surface area (Å²) in [6.07, 6.45) is 0. The lowest BCUT2D eigenvalue weighted by Gasteiger charge is -2.04. The van der Waals surface area contributed by atoms with E-state index in [2.05, 4.69) is 44.5 Å². The number of hydrogen-bond acceptors (Lipinski definition) is 7. The fourth-order valence-corrected chi connectivity index (χ4v) is 5.50. The van der Waals surface area contributed by atoms with Gasteiger partial charge in [0, 0.05) is 18.1 Å². The fourth-order valence-electron chi connectivity index (χ4n) is 2.36. The Morgan fingerprint density at radius 2 is 1.87 bits per heavy atom. The first kappa shape index (κ1) is 22.7. The molecule has 1 aromatic heterocycles. The largest absolute Gasteiger partial charge is 0.296 e. The highest BCUT2D eigenvalue weighted by Gasteiger charge is 2.21. The third-order valence-electron chi connectivity index (χ3n) is 3.90. The zero-order valence-corrected chi connectivity index (χ0v) is 19.2. The number of hydrogen-bond donors (Lipinski definition) is 2. The molecule has 0 fully saturated rings. The first-order valence-electron chi connectivity index (χ1n) is 8.87. The molecule has 0 saturated carbocycles. The Hall–Kier alpha value is -1.98. The van der Waals surface area contributed by atoms with E-state index < -0.39 is 15.9 Å². The quantitative estimate of drug-likeness (QED) is 0.353. The Bertz CT molecular complexity index is 1120. The Balaban J connectivity index is 1.49. The third kappa shape index (κ3) is 6.26. The predicted molar refractivity (Wildman–Crippen MR) is 122 cm³/mol. The topological polar surface area (TPSA) is 101 Å². The van der Waals surface area contributed by atoms with Crippen LogP contribution in [-0.4, -0.2) is 36.8 Å². The van der Waals surface area contributed by atoms with Crippen LogP contribution in [0.2, 0.25) is 5.02 Å². The Morgan fingerprint density at radius 1 is 1.13 bits per heavy atom. The molecule has 0 spiro atoms. The predicted octanol–water partition coefficient (Wildman–Crippen LogP) is 3.96. The number of halogens is 1. The van der Waals surface area contributed by atoms with Gasteiger partial charge in [0.2, 0.25) is 9.47 Å². The van der Waals surface area contributed by atoms with E-state index >= 15 is 0 Å². The molecule has 0 saturated heterocycles. The van der Waals surface area contributed by atoms with Gasteiger partial charge in [0.05, 0.1) is 10.6 Å². The molecule has 30 heavy (non-hydrogen) atoms. The second kappa shape index (κ2) is 10.4. The minimum absolute atomic E-state index is 0.0778.